The van der Waals surface area contributed by atoms with Crippen LogP contribution in [0.15, 0.2) is 6.07 Å². The van der Waals surface area contributed by atoms with Crippen molar-refractivity contribution in [3.63, 3.8) is 0 Å². The molecular formula is C16H28N4. The summed E-state index contributed by atoms with van der Waals surface area (Å²) in [5, 5.41) is 3.36. The molecule has 20 heavy (non-hydrogen) atoms. The summed E-state index contributed by atoms with van der Waals surface area (Å²) in [6.07, 6.45) is 3.67. The van der Waals surface area contributed by atoms with Crippen molar-refractivity contribution >= 4 is 11.8 Å². The molecule has 0 aromatic carbocycles. The summed E-state index contributed by atoms with van der Waals surface area (Å²) in [4.78, 5) is 11.6. The Hall–Kier alpha value is -1.32. The summed E-state index contributed by atoms with van der Waals surface area (Å²) >= 11 is 0. The molecular weight excluding hydrogens is 248 g/mol. The van der Waals surface area contributed by atoms with E-state index in [1.54, 1.807) is 0 Å². The van der Waals surface area contributed by atoms with Crippen LogP contribution in [0.3, 0.4) is 0 Å². The first-order chi connectivity index (χ1) is 9.54. The lowest BCUT2D eigenvalue weighted by molar-refractivity contribution is 0.436. The molecule has 1 aliphatic rings. The smallest absolute Gasteiger partial charge is 0.224 e. The molecule has 1 saturated heterocycles. The van der Waals surface area contributed by atoms with E-state index in [1.165, 1.54) is 12.8 Å². The molecule has 1 aromatic rings. The summed E-state index contributed by atoms with van der Waals surface area (Å²) in [6.45, 7) is 12.0. The average molecular weight is 276 g/mol. The third kappa shape index (κ3) is 4.36. The molecule has 1 aliphatic heterocycles. The molecule has 1 fully saturated rings. The average Bonchev–Trinajstić information content (AvgIpc) is 2.38. The fraction of sp³-hybridized carbons (Fsp3) is 0.750. The van der Waals surface area contributed by atoms with Crippen LogP contribution >= 0.6 is 0 Å². The predicted octanol–water partition coefficient (Wildman–Crippen LogP) is 3.48. The standard InChI is InChI=1S/C16H28N4/c1-12(2)5-8-17-16-18-14(4)11-15(19-16)20-9-6-13(3)7-10-20/h11-13H,5-10H2,1-4H3,(H,17,18,19). The van der Waals surface area contributed by atoms with Gasteiger partial charge in [0.15, 0.2) is 0 Å². The Kier molecular flexibility index (Phi) is 5.21. The van der Waals surface area contributed by atoms with E-state index < -0.39 is 0 Å². The van der Waals surface area contributed by atoms with Crippen LogP contribution in [0, 0.1) is 18.8 Å². The first-order valence-electron chi connectivity index (χ1n) is 7.89. The lowest BCUT2D eigenvalue weighted by Gasteiger charge is -2.31. The number of nitrogens with zero attached hydrogens (tertiary/aromatic N) is 3. The summed E-state index contributed by atoms with van der Waals surface area (Å²) in [5.74, 6) is 3.41. The maximum atomic E-state index is 4.68. The highest BCUT2D eigenvalue weighted by atomic mass is 15.2. The normalized spacial score (nSPS) is 16.8. The molecule has 0 aliphatic carbocycles. The fourth-order valence-corrected chi connectivity index (χ4v) is 2.50. The molecule has 1 aromatic heterocycles. The molecule has 112 valence electrons. The number of hydrogen-bond acceptors (Lipinski definition) is 4. The number of nitrogens with one attached hydrogen (secondary N) is 1. The Morgan fingerprint density at radius 1 is 1.30 bits per heavy atom. The zero-order chi connectivity index (χ0) is 14.5. The van der Waals surface area contributed by atoms with Crippen molar-refractivity contribution in [2.45, 2.75) is 47.0 Å². The lowest BCUT2D eigenvalue weighted by atomic mass is 9.99. The van der Waals surface area contributed by atoms with E-state index in [-0.39, 0.29) is 0 Å². The highest BCUT2D eigenvalue weighted by Crippen LogP contribution is 2.22. The second kappa shape index (κ2) is 6.91. The molecule has 4 nitrogen and oxygen atoms in total. The molecule has 2 rings (SSSR count). The van der Waals surface area contributed by atoms with Gasteiger partial charge in [-0.3, -0.25) is 0 Å². The highest BCUT2D eigenvalue weighted by Gasteiger charge is 2.17. The number of anilines is 2. The zero-order valence-corrected chi connectivity index (χ0v) is 13.3. The molecule has 0 unspecified atom stereocenters. The van der Waals surface area contributed by atoms with Crippen LogP contribution in [0.5, 0.6) is 0 Å². The summed E-state index contributed by atoms with van der Waals surface area (Å²) < 4.78 is 0. The van der Waals surface area contributed by atoms with Gasteiger partial charge in [-0.15, -0.1) is 0 Å². The van der Waals surface area contributed by atoms with E-state index >= 15 is 0 Å². The van der Waals surface area contributed by atoms with Crippen LogP contribution in [-0.2, 0) is 0 Å². The maximum absolute atomic E-state index is 4.68. The van der Waals surface area contributed by atoms with Gasteiger partial charge < -0.3 is 10.2 Å². The lowest BCUT2D eigenvalue weighted by Crippen LogP contribution is -2.33. The van der Waals surface area contributed by atoms with Crippen LogP contribution in [-0.4, -0.2) is 29.6 Å². The van der Waals surface area contributed by atoms with E-state index in [0.29, 0.717) is 5.92 Å². The summed E-state index contributed by atoms with van der Waals surface area (Å²) in [7, 11) is 0. The second-order valence-corrected chi connectivity index (χ2v) is 6.47. The third-order valence-electron chi connectivity index (χ3n) is 3.95. The van der Waals surface area contributed by atoms with Gasteiger partial charge in [-0.05, 0) is 38.0 Å². The van der Waals surface area contributed by atoms with Crippen molar-refractivity contribution < 1.29 is 0 Å². The highest BCUT2D eigenvalue weighted by molar-refractivity contribution is 5.45. The molecule has 0 amide bonds. The second-order valence-electron chi connectivity index (χ2n) is 6.47. The molecule has 2 heterocycles. The summed E-state index contributed by atoms with van der Waals surface area (Å²) in [5.41, 5.74) is 1.04. The molecule has 0 saturated carbocycles. The van der Waals surface area contributed by atoms with Crippen LogP contribution < -0.4 is 10.2 Å². The number of rotatable bonds is 5. The van der Waals surface area contributed by atoms with Gasteiger partial charge in [0.05, 0.1) is 0 Å². The Morgan fingerprint density at radius 2 is 2.00 bits per heavy atom. The maximum Gasteiger partial charge on any atom is 0.224 e. The third-order valence-corrected chi connectivity index (χ3v) is 3.95. The van der Waals surface area contributed by atoms with E-state index in [4.69, 9.17) is 0 Å². The van der Waals surface area contributed by atoms with E-state index in [1.807, 2.05) is 6.92 Å². The molecule has 0 radical (unpaired) electrons. The van der Waals surface area contributed by atoms with Crippen LogP contribution in [0.1, 0.15) is 45.7 Å². The molecule has 4 heteroatoms. The van der Waals surface area contributed by atoms with E-state index in [9.17, 15) is 0 Å². The van der Waals surface area contributed by atoms with E-state index in [2.05, 4.69) is 47.0 Å². The SMILES string of the molecule is Cc1cc(N2CCC(C)CC2)nc(NCCC(C)C)n1. The Bertz CT molecular complexity index is 422. The monoisotopic (exact) mass is 276 g/mol. The van der Waals surface area contributed by atoms with Crippen LogP contribution in [0.4, 0.5) is 11.8 Å². The Balaban J connectivity index is 2.00. The first kappa shape index (κ1) is 15.1. The number of aryl methyl sites for hydroxylation is 1. The van der Waals surface area contributed by atoms with Gasteiger partial charge >= 0.3 is 0 Å². The van der Waals surface area contributed by atoms with Crippen molar-refractivity contribution in [1.29, 1.82) is 0 Å². The van der Waals surface area contributed by atoms with Gasteiger partial charge in [-0.2, -0.15) is 4.98 Å². The number of aromatic nitrogens is 2. The van der Waals surface area contributed by atoms with Gasteiger partial charge in [-0.1, -0.05) is 20.8 Å². The zero-order valence-electron chi connectivity index (χ0n) is 13.3. The quantitative estimate of drug-likeness (QED) is 0.894. The van der Waals surface area contributed by atoms with Crippen molar-refractivity contribution in [3.8, 4) is 0 Å². The van der Waals surface area contributed by atoms with E-state index in [0.717, 1.165) is 49.4 Å². The van der Waals surface area contributed by atoms with Crippen molar-refractivity contribution in [2.24, 2.45) is 11.8 Å². The molecule has 1 N–H and O–H groups in total. The predicted molar refractivity (Wildman–Crippen MR) is 85.3 cm³/mol. The van der Waals surface area contributed by atoms with Gasteiger partial charge in [0.2, 0.25) is 5.95 Å². The van der Waals surface area contributed by atoms with Crippen LogP contribution in [0.25, 0.3) is 0 Å². The van der Waals surface area contributed by atoms with Gasteiger partial charge in [-0.25, -0.2) is 4.98 Å². The van der Waals surface area contributed by atoms with Crippen molar-refractivity contribution in [1.82, 2.24) is 9.97 Å². The minimum atomic E-state index is 0.704. The topological polar surface area (TPSA) is 41.1 Å². The van der Waals surface area contributed by atoms with Gasteiger partial charge in [0, 0.05) is 31.4 Å². The summed E-state index contributed by atoms with van der Waals surface area (Å²) in [6, 6.07) is 2.10. The number of hydrogen-bond donors (Lipinski definition) is 1. The van der Waals surface area contributed by atoms with Gasteiger partial charge in [0.25, 0.3) is 0 Å². The molecule has 0 spiro atoms. The van der Waals surface area contributed by atoms with Crippen molar-refractivity contribution in [3.05, 3.63) is 11.8 Å². The first-order valence-corrected chi connectivity index (χ1v) is 7.89. The molecule has 0 bridgehead atoms. The minimum absolute atomic E-state index is 0.704. The van der Waals surface area contributed by atoms with Crippen molar-refractivity contribution in [2.75, 3.05) is 29.9 Å². The molecule has 0 atom stereocenters. The number of piperidine rings is 1. The Morgan fingerprint density at radius 3 is 2.65 bits per heavy atom. The largest absolute Gasteiger partial charge is 0.356 e. The fourth-order valence-electron chi connectivity index (χ4n) is 2.50. The van der Waals surface area contributed by atoms with Gasteiger partial charge in [0.1, 0.15) is 5.82 Å². The van der Waals surface area contributed by atoms with Crippen LogP contribution in [0.2, 0.25) is 0 Å². The Labute approximate surface area is 123 Å². The minimum Gasteiger partial charge on any atom is -0.356 e.